The molecule has 1 heterocycles. The van der Waals surface area contributed by atoms with E-state index in [4.69, 9.17) is 0 Å². The van der Waals surface area contributed by atoms with Gasteiger partial charge in [0.15, 0.2) is 0 Å². The molecule has 0 atom stereocenters. The molecule has 0 unspecified atom stereocenters. The van der Waals surface area contributed by atoms with Crippen LogP contribution in [-0.4, -0.2) is 36.7 Å². The molecule has 108 valence electrons. The maximum atomic E-state index is 12.0. The van der Waals surface area contributed by atoms with Gasteiger partial charge in [-0.3, -0.25) is 9.69 Å². The van der Waals surface area contributed by atoms with Crippen LogP contribution >= 0.6 is 31.9 Å². The van der Waals surface area contributed by atoms with Gasteiger partial charge >= 0.3 is 0 Å². The fourth-order valence-corrected chi connectivity index (χ4v) is 3.38. The van der Waals surface area contributed by atoms with Gasteiger partial charge < -0.3 is 10.1 Å². The Balaban J connectivity index is 1.85. The second kappa shape index (κ2) is 7.33. The van der Waals surface area contributed by atoms with Gasteiger partial charge in [0.1, 0.15) is 6.29 Å². The summed E-state index contributed by atoms with van der Waals surface area (Å²) in [4.78, 5) is 24.8. The summed E-state index contributed by atoms with van der Waals surface area (Å²) in [5, 5.41) is 2.89. The fraction of sp³-hybridized carbons (Fsp3) is 0.429. The summed E-state index contributed by atoms with van der Waals surface area (Å²) in [6.45, 7) is 1.98. The van der Waals surface area contributed by atoms with Crippen molar-refractivity contribution in [2.45, 2.75) is 12.8 Å². The lowest BCUT2D eigenvalue weighted by atomic mass is 9.99. The highest BCUT2D eigenvalue weighted by Crippen LogP contribution is 2.26. The van der Waals surface area contributed by atoms with Gasteiger partial charge in [-0.2, -0.15) is 0 Å². The Morgan fingerprint density at radius 3 is 2.65 bits per heavy atom. The smallest absolute Gasteiger partial charge is 0.238 e. The number of hydrogen-bond donors (Lipinski definition) is 1. The molecule has 0 radical (unpaired) electrons. The standard InChI is InChI=1S/C14H16Br2N2O2/c15-11-1-2-13(12(16)7-11)17-14(20)8-18-5-3-10(9-19)4-6-18/h1-2,7,9-10H,3-6,8H2,(H,17,20). The molecule has 0 saturated carbocycles. The summed E-state index contributed by atoms with van der Waals surface area (Å²) in [6, 6.07) is 5.63. The first-order valence-electron chi connectivity index (χ1n) is 6.51. The molecular weight excluding hydrogens is 388 g/mol. The zero-order valence-corrected chi connectivity index (χ0v) is 14.1. The number of likely N-dealkylation sites (tertiary alicyclic amines) is 1. The number of amides is 1. The van der Waals surface area contributed by atoms with E-state index in [9.17, 15) is 9.59 Å². The third-order valence-corrected chi connectivity index (χ3v) is 4.55. The molecule has 0 bridgehead atoms. The highest BCUT2D eigenvalue weighted by atomic mass is 79.9. The Kier molecular flexibility index (Phi) is 5.74. The Morgan fingerprint density at radius 2 is 2.05 bits per heavy atom. The summed E-state index contributed by atoms with van der Waals surface area (Å²) in [5.41, 5.74) is 0.765. The Labute approximate surface area is 135 Å². The molecule has 0 aromatic heterocycles. The van der Waals surface area contributed by atoms with Crippen molar-refractivity contribution in [3.63, 3.8) is 0 Å². The van der Waals surface area contributed by atoms with Gasteiger partial charge in [0, 0.05) is 14.9 Å². The van der Waals surface area contributed by atoms with Crippen LogP contribution in [0, 0.1) is 5.92 Å². The van der Waals surface area contributed by atoms with E-state index in [1.165, 1.54) is 0 Å². The molecule has 4 nitrogen and oxygen atoms in total. The number of aldehydes is 1. The minimum absolute atomic E-state index is 0.0300. The predicted molar refractivity (Wildman–Crippen MR) is 85.7 cm³/mol. The van der Waals surface area contributed by atoms with Gasteiger partial charge in [-0.1, -0.05) is 15.9 Å². The van der Waals surface area contributed by atoms with Crippen LogP contribution in [0.2, 0.25) is 0 Å². The minimum Gasteiger partial charge on any atom is -0.324 e. The summed E-state index contributed by atoms with van der Waals surface area (Å²) < 4.78 is 1.80. The van der Waals surface area contributed by atoms with Gasteiger partial charge in [0.05, 0.1) is 12.2 Å². The van der Waals surface area contributed by atoms with Crippen LogP contribution in [0.25, 0.3) is 0 Å². The van der Waals surface area contributed by atoms with Gasteiger partial charge in [-0.15, -0.1) is 0 Å². The van der Waals surface area contributed by atoms with Crippen molar-refractivity contribution in [1.82, 2.24) is 4.90 Å². The van der Waals surface area contributed by atoms with E-state index < -0.39 is 0 Å². The number of anilines is 1. The molecule has 1 saturated heterocycles. The normalized spacial score (nSPS) is 16.9. The van der Waals surface area contributed by atoms with E-state index in [1.807, 2.05) is 18.2 Å². The van der Waals surface area contributed by atoms with Gasteiger partial charge in [0.2, 0.25) is 5.91 Å². The van der Waals surface area contributed by atoms with Crippen LogP contribution in [-0.2, 0) is 9.59 Å². The predicted octanol–water partition coefficient (Wildman–Crippen LogP) is 3.06. The molecule has 1 aromatic carbocycles. The van der Waals surface area contributed by atoms with Crippen LogP contribution in [0.1, 0.15) is 12.8 Å². The first-order chi connectivity index (χ1) is 9.58. The molecule has 1 aliphatic rings. The lowest BCUT2D eigenvalue weighted by Gasteiger charge is -2.28. The zero-order chi connectivity index (χ0) is 14.5. The van der Waals surface area contributed by atoms with Crippen molar-refractivity contribution in [3.8, 4) is 0 Å². The van der Waals surface area contributed by atoms with Crippen molar-refractivity contribution >= 4 is 49.7 Å². The molecule has 1 amide bonds. The highest BCUT2D eigenvalue weighted by molar-refractivity contribution is 9.11. The number of piperidine rings is 1. The summed E-state index contributed by atoms with van der Waals surface area (Å²) in [7, 11) is 0. The van der Waals surface area contributed by atoms with E-state index >= 15 is 0 Å². The van der Waals surface area contributed by atoms with E-state index in [0.717, 1.165) is 46.9 Å². The van der Waals surface area contributed by atoms with Crippen molar-refractivity contribution < 1.29 is 9.59 Å². The molecule has 1 aliphatic heterocycles. The van der Waals surface area contributed by atoms with Crippen LogP contribution in [0.4, 0.5) is 5.69 Å². The number of rotatable bonds is 4. The quantitative estimate of drug-likeness (QED) is 0.786. The Hall–Kier alpha value is -0.720. The summed E-state index contributed by atoms with van der Waals surface area (Å²) >= 11 is 6.80. The second-order valence-electron chi connectivity index (χ2n) is 4.92. The maximum absolute atomic E-state index is 12.0. The highest BCUT2D eigenvalue weighted by Gasteiger charge is 2.20. The number of benzene rings is 1. The number of halogens is 2. The number of hydrogen-bond acceptors (Lipinski definition) is 3. The van der Waals surface area contributed by atoms with E-state index in [1.54, 1.807) is 0 Å². The van der Waals surface area contributed by atoms with Gasteiger partial charge in [0.25, 0.3) is 0 Å². The Bertz CT molecular complexity index is 500. The van der Waals surface area contributed by atoms with Crippen LogP contribution in [0.15, 0.2) is 27.1 Å². The molecule has 2 rings (SSSR count). The molecule has 1 aromatic rings. The molecule has 6 heteroatoms. The molecule has 0 aliphatic carbocycles. The average Bonchev–Trinajstić information content (AvgIpc) is 2.43. The first-order valence-corrected chi connectivity index (χ1v) is 8.09. The number of nitrogens with zero attached hydrogens (tertiary/aromatic N) is 1. The first kappa shape index (κ1) is 15.7. The second-order valence-corrected chi connectivity index (χ2v) is 6.69. The largest absolute Gasteiger partial charge is 0.324 e. The van der Waals surface area contributed by atoms with Crippen molar-refractivity contribution in [1.29, 1.82) is 0 Å². The topological polar surface area (TPSA) is 49.4 Å². The Morgan fingerprint density at radius 1 is 1.35 bits per heavy atom. The van der Waals surface area contributed by atoms with Crippen molar-refractivity contribution in [3.05, 3.63) is 27.1 Å². The maximum Gasteiger partial charge on any atom is 0.238 e. The lowest BCUT2D eigenvalue weighted by molar-refractivity contribution is -0.117. The monoisotopic (exact) mass is 402 g/mol. The van der Waals surface area contributed by atoms with E-state index in [0.29, 0.717) is 6.54 Å². The van der Waals surface area contributed by atoms with Crippen LogP contribution < -0.4 is 5.32 Å². The fourth-order valence-electron chi connectivity index (χ4n) is 2.23. The van der Waals surface area contributed by atoms with Crippen molar-refractivity contribution in [2.75, 3.05) is 25.0 Å². The third-order valence-electron chi connectivity index (χ3n) is 3.40. The van der Waals surface area contributed by atoms with E-state index in [2.05, 4.69) is 42.1 Å². The van der Waals surface area contributed by atoms with Gasteiger partial charge in [-0.05, 0) is 60.1 Å². The number of nitrogens with one attached hydrogen (secondary N) is 1. The summed E-state index contributed by atoms with van der Waals surface area (Å²) in [6.07, 6.45) is 2.72. The number of carbonyl (C=O) groups excluding carboxylic acids is 2. The summed E-state index contributed by atoms with van der Waals surface area (Å²) in [5.74, 6) is 0.132. The SMILES string of the molecule is O=CC1CCN(CC(=O)Nc2ccc(Br)cc2Br)CC1. The van der Waals surface area contributed by atoms with E-state index in [-0.39, 0.29) is 11.8 Å². The lowest BCUT2D eigenvalue weighted by Crippen LogP contribution is -2.39. The van der Waals surface area contributed by atoms with Crippen LogP contribution in [0.3, 0.4) is 0 Å². The van der Waals surface area contributed by atoms with Gasteiger partial charge in [-0.25, -0.2) is 0 Å². The van der Waals surface area contributed by atoms with Crippen LogP contribution in [0.5, 0.6) is 0 Å². The molecular formula is C14H16Br2N2O2. The minimum atomic E-state index is -0.0300. The third kappa shape index (κ3) is 4.40. The number of carbonyl (C=O) groups is 2. The molecule has 20 heavy (non-hydrogen) atoms. The molecule has 0 spiro atoms. The molecule has 1 fully saturated rings. The average molecular weight is 404 g/mol. The zero-order valence-electron chi connectivity index (χ0n) is 10.9. The van der Waals surface area contributed by atoms with Crippen molar-refractivity contribution in [2.24, 2.45) is 5.92 Å². The molecule has 1 N–H and O–H groups in total.